The Labute approximate surface area is 171 Å². The molecule has 1 unspecified atom stereocenters. The Morgan fingerprint density at radius 2 is 1.55 bits per heavy atom. The van der Waals surface area contributed by atoms with E-state index in [1.54, 1.807) is 19.2 Å². The summed E-state index contributed by atoms with van der Waals surface area (Å²) < 4.78 is 16.5. The highest BCUT2D eigenvalue weighted by atomic mass is 16.5. The van der Waals surface area contributed by atoms with Crippen LogP contribution >= 0.6 is 0 Å². The lowest BCUT2D eigenvalue weighted by Gasteiger charge is -2.17. The van der Waals surface area contributed by atoms with Crippen molar-refractivity contribution in [1.29, 1.82) is 0 Å². The van der Waals surface area contributed by atoms with Crippen LogP contribution < -0.4 is 19.5 Å². The maximum absolute atomic E-state index is 9.92. The van der Waals surface area contributed by atoms with E-state index in [4.69, 9.17) is 14.2 Å². The zero-order valence-electron chi connectivity index (χ0n) is 17.0. The van der Waals surface area contributed by atoms with Crippen molar-refractivity contribution < 1.29 is 19.3 Å². The lowest BCUT2D eigenvalue weighted by molar-refractivity contribution is 0.284. The van der Waals surface area contributed by atoms with Gasteiger partial charge in [0.15, 0.2) is 23.0 Å². The number of phenolic OH excluding ortho intramolecular Hbond substituents is 1. The summed E-state index contributed by atoms with van der Waals surface area (Å²) in [4.78, 5) is 0. The molecule has 0 fully saturated rings. The number of ether oxygens (including phenoxy) is 3. The quantitative estimate of drug-likeness (QED) is 0.545. The monoisotopic (exact) mass is 393 g/mol. The van der Waals surface area contributed by atoms with E-state index in [1.165, 1.54) is 7.11 Å². The molecule has 0 aliphatic heterocycles. The highest BCUT2D eigenvalue weighted by Crippen LogP contribution is 2.31. The Kier molecular flexibility index (Phi) is 6.98. The van der Waals surface area contributed by atoms with Crippen LogP contribution in [0.1, 0.15) is 29.7 Å². The average Bonchev–Trinajstić information content (AvgIpc) is 2.76. The van der Waals surface area contributed by atoms with Gasteiger partial charge in [-0.2, -0.15) is 0 Å². The minimum atomic E-state index is 0.0938. The molecule has 152 valence electrons. The Hall–Kier alpha value is -3.18. The van der Waals surface area contributed by atoms with Crippen LogP contribution in [-0.4, -0.2) is 19.3 Å². The largest absolute Gasteiger partial charge is 0.504 e. The van der Waals surface area contributed by atoms with Crippen LogP contribution in [0.25, 0.3) is 0 Å². The summed E-state index contributed by atoms with van der Waals surface area (Å²) in [6.07, 6.45) is 0. The fourth-order valence-electron chi connectivity index (χ4n) is 3.04. The molecule has 5 heteroatoms. The highest BCUT2D eigenvalue weighted by Gasteiger charge is 2.11. The minimum absolute atomic E-state index is 0.0938. The van der Waals surface area contributed by atoms with Gasteiger partial charge in [0, 0.05) is 12.6 Å². The number of nitrogens with one attached hydrogen (secondary N) is 1. The third-order valence-corrected chi connectivity index (χ3v) is 4.78. The van der Waals surface area contributed by atoms with Gasteiger partial charge in [0.05, 0.1) is 14.2 Å². The van der Waals surface area contributed by atoms with Gasteiger partial charge in [-0.3, -0.25) is 0 Å². The van der Waals surface area contributed by atoms with Gasteiger partial charge in [-0.25, -0.2) is 0 Å². The first-order valence-corrected chi connectivity index (χ1v) is 9.54. The van der Waals surface area contributed by atoms with E-state index in [2.05, 4.69) is 12.2 Å². The number of phenols is 1. The van der Waals surface area contributed by atoms with Crippen molar-refractivity contribution in [3.05, 3.63) is 83.4 Å². The van der Waals surface area contributed by atoms with E-state index in [1.807, 2.05) is 54.6 Å². The molecule has 0 saturated carbocycles. The Morgan fingerprint density at radius 3 is 2.24 bits per heavy atom. The van der Waals surface area contributed by atoms with Crippen LogP contribution in [0.2, 0.25) is 0 Å². The van der Waals surface area contributed by atoms with Crippen molar-refractivity contribution in [2.24, 2.45) is 0 Å². The number of methoxy groups -OCH3 is 2. The summed E-state index contributed by atoms with van der Waals surface area (Å²) in [5.41, 5.74) is 3.17. The molecule has 0 amide bonds. The molecule has 0 spiro atoms. The molecule has 1 atom stereocenters. The average molecular weight is 393 g/mol. The molecule has 3 aromatic carbocycles. The number of aromatic hydroxyl groups is 1. The zero-order valence-corrected chi connectivity index (χ0v) is 17.0. The predicted octanol–water partition coefficient (Wildman–Crippen LogP) is 4.84. The number of hydrogen-bond acceptors (Lipinski definition) is 5. The summed E-state index contributed by atoms with van der Waals surface area (Å²) in [5.74, 6) is 2.03. The van der Waals surface area contributed by atoms with E-state index < -0.39 is 0 Å². The van der Waals surface area contributed by atoms with Crippen LogP contribution in [0.15, 0.2) is 66.7 Å². The second-order valence-corrected chi connectivity index (χ2v) is 6.79. The number of benzene rings is 3. The van der Waals surface area contributed by atoms with Gasteiger partial charge in [-0.1, -0.05) is 42.5 Å². The van der Waals surface area contributed by atoms with Gasteiger partial charge < -0.3 is 24.6 Å². The normalized spacial score (nSPS) is 11.7. The summed E-state index contributed by atoms with van der Waals surface area (Å²) in [6, 6.07) is 21.5. The van der Waals surface area contributed by atoms with Crippen LogP contribution in [-0.2, 0) is 13.2 Å². The standard InChI is InChI=1S/C24H27NO4/c1-17(25-15-19-9-11-22(27-2)21(26)13-19)20-10-12-23(24(14-20)28-3)29-16-18-7-5-4-6-8-18/h4-14,17,25-26H,15-16H2,1-3H3. The third-order valence-electron chi connectivity index (χ3n) is 4.78. The first-order valence-electron chi connectivity index (χ1n) is 9.54. The molecular formula is C24H27NO4. The second-order valence-electron chi connectivity index (χ2n) is 6.79. The van der Waals surface area contributed by atoms with Gasteiger partial charge in [0.25, 0.3) is 0 Å². The van der Waals surface area contributed by atoms with Crippen molar-refractivity contribution in [2.75, 3.05) is 14.2 Å². The van der Waals surface area contributed by atoms with Crippen LogP contribution in [0.3, 0.4) is 0 Å². The van der Waals surface area contributed by atoms with Gasteiger partial charge in [-0.05, 0) is 47.9 Å². The number of rotatable bonds is 9. The van der Waals surface area contributed by atoms with E-state index >= 15 is 0 Å². The van der Waals surface area contributed by atoms with Crippen molar-refractivity contribution in [1.82, 2.24) is 5.32 Å². The van der Waals surface area contributed by atoms with E-state index in [0.29, 0.717) is 30.4 Å². The molecule has 0 bridgehead atoms. The van der Waals surface area contributed by atoms with Gasteiger partial charge in [-0.15, -0.1) is 0 Å². The molecule has 3 rings (SSSR count). The van der Waals surface area contributed by atoms with Crippen LogP contribution in [0.5, 0.6) is 23.0 Å². The minimum Gasteiger partial charge on any atom is -0.504 e. The van der Waals surface area contributed by atoms with Crippen LogP contribution in [0.4, 0.5) is 0 Å². The maximum atomic E-state index is 9.92. The van der Waals surface area contributed by atoms with Gasteiger partial charge in [0.2, 0.25) is 0 Å². The Morgan fingerprint density at radius 1 is 0.828 bits per heavy atom. The van der Waals surface area contributed by atoms with Crippen molar-refractivity contribution >= 4 is 0 Å². The molecule has 0 heterocycles. The molecule has 2 N–H and O–H groups in total. The lowest BCUT2D eigenvalue weighted by atomic mass is 10.1. The van der Waals surface area contributed by atoms with Crippen molar-refractivity contribution in [3.8, 4) is 23.0 Å². The van der Waals surface area contributed by atoms with Crippen molar-refractivity contribution in [2.45, 2.75) is 26.1 Å². The zero-order chi connectivity index (χ0) is 20.6. The Bertz CT molecular complexity index is 927. The molecule has 0 radical (unpaired) electrons. The Balaban J connectivity index is 1.63. The topological polar surface area (TPSA) is 60.0 Å². The molecule has 0 aromatic heterocycles. The highest BCUT2D eigenvalue weighted by molar-refractivity contribution is 5.44. The van der Waals surface area contributed by atoms with Gasteiger partial charge in [0.1, 0.15) is 6.61 Å². The predicted molar refractivity (Wildman–Crippen MR) is 114 cm³/mol. The molecule has 0 aliphatic carbocycles. The first kappa shape index (κ1) is 20.6. The summed E-state index contributed by atoms with van der Waals surface area (Å²) in [5, 5.41) is 13.4. The van der Waals surface area contributed by atoms with E-state index in [-0.39, 0.29) is 11.8 Å². The number of hydrogen-bond donors (Lipinski definition) is 2. The fourth-order valence-corrected chi connectivity index (χ4v) is 3.04. The SMILES string of the molecule is COc1ccc(CNC(C)c2ccc(OCc3ccccc3)c(OC)c2)cc1O. The summed E-state index contributed by atoms with van der Waals surface area (Å²) in [7, 11) is 3.18. The maximum Gasteiger partial charge on any atom is 0.161 e. The molecular weight excluding hydrogens is 366 g/mol. The molecule has 0 aliphatic rings. The fraction of sp³-hybridized carbons (Fsp3) is 0.250. The summed E-state index contributed by atoms with van der Waals surface area (Å²) in [6.45, 7) is 3.20. The molecule has 0 saturated heterocycles. The molecule has 5 nitrogen and oxygen atoms in total. The van der Waals surface area contributed by atoms with Crippen molar-refractivity contribution in [3.63, 3.8) is 0 Å². The van der Waals surface area contributed by atoms with E-state index in [9.17, 15) is 5.11 Å². The van der Waals surface area contributed by atoms with Crippen LogP contribution in [0, 0.1) is 0 Å². The second kappa shape index (κ2) is 9.85. The molecule has 3 aromatic rings. The molecule has 29 heavy (non-hydrogen) atoms. The first-order chi connectivity index (χ1) is 14.1. The van der Waals surface area contributed by atoms with E-state index in [0.717, 1.165) is 16.7 Å². The lowest BCUT2D eigenvalue weighted by Crippen LogP contribution is -2.18. The third kappa shape index (κ3) is 5.42. The van der Waals surface area contributed by atoms with Gasteiger partial charge >= 0.3 is 0 Å². The summed E-state index contributed by atoms with van der Waals surface area (Å²) >= 11 is 0. The smallest absolute Gasteiger partial charge is 0.161 e.